The topological polar surface area (TPSA) is 32.3 Å². The smallest absolute Gasteiger partial charge is 0.0852 e. The van der Waals surface area contributed by atoms with Crippen molar-refractivity contribution in [1.82, 2.24) is 0 Å². The molecule has 2 heteroatoms. The van der Waals surface area contributed by atoms with Crippen molar-refractivity contribution in [1.29, 1.82) is 0 Å². The third kappa shape index (κ3) is 1.40. The van der Waals surface area contributed by atoms with E-state index in [0.717, 1.165) is 24.2 Å². The molecule has 0 aromatic heterocycles. The summed E-state index contributed by atoms with van der Waals surface area (Å²) in [6, 6.07) is 6.16. The van der Waals surface area contributed by atoms with E-state index >= 15 is 0 Å². The Kier molecular flexibility index (Phi) is 2.46. The molecular formula is C12H17NO. The fourth-order valence-electron chi connectivity index (χ4n) is 2.06. The number of anilines is 1. The Morgan fingerprint density at radius 3 is 3.00 bits per heavy atom. The van der Waals surface area contributed by atoms with Gasteiger partial charge in [0.05, 0.1) is 6.10 Å². The van der Waals surface area contributed by atoms with Gasteiger partial charge in [-0.25, -0.2) is 0 Å². The summed E-state index contributed by atoms with van der Waals surface area (Å²) >= 11 is 0. The molecule has 1 aromatic carbocycles. The number of hydrogen-bond acceptors (Lipinski definition) is 2. The lowest BCUT2D eigenvalue weighted by molar-refractivity contribution is 0.120. The van der Waals surface area contributed by atoms with Crippen LogP contribution in [0.1, 0.15) is 31.1 Å². The van der Waals surface area contributed by atoms with Gasteiger partial charge < -0.3 is 10.4 Å². The SMILES string of the molecule is CCc1cccc2c1NCC(C)C2O. The number of aliphatic hydroxyl groups excluding tert-OH is 1. The van der Waals surface area contributed by atoms with Crippen LogP contribution in [-0.4, -0.2) is 11.7 Å². The number of hydrogen-bond donors (Lipinski definition) is 2. The van der Waals surface area contributed by atoms with E-state index in [2.05, 4.69) is 25.2 Å². The predicted molar refractivity (Wildman–Crippen MR) is 58.4 cm³/mol. The molecule has 0 radical (unpaired) electrons. The van der Waals surface area contributed by atoms with Crippen LogP contribution in [0.25, 0.3) is 0 Å². The molecule has 0 fully saturated rings. The number of aryl methyl sites for hydroxylation is 1. The lowest BCUT2D eigenvalue weighted by Gasteiger charge is -2.30. The van der Waals surface area contributed by atoms with Crippen LogP contribution in [0.15, 0.2) is 18.2 Å². The summed E-state index contributed by atoms with van der Waals surface area (Å²) in [7, 11) is 0. The van der Waals surface area contributed by atoms with Crippen molar-refractivity contribution in [2.45, 2.75) is 26.4 Å². The first-order valence-electron chi connectivity index (χ1n) is 5.27. The Bertz CT molecular complexity index is 335. The standard InChI is InChI=1S/C12H17NO/c1-3-9-5-4-6-10-11(9)13-7-8(2)12(10)14/h4-6,8,12-14H,3,7H2,1-2H3. The molecule has 2 atom stereocenters. The molecule has 2 unspecified atom stereocenters. The van der Waals surface area contributed by atoms with Gasteiger partial charge >= 0.3 is 0 Å². The van der Waals surface area contributed by atoms with E-state index in [1.54, 1.807) is 0 Å². The van der Waals surface area contributed by atoms with E-state index in [-0.39, 0.29) is 6.10 Å². The minimum absolute atomic E-state index is 0.301. The van der Waals surface area contributed by atoms with Crippen molar-refractivity contribution in [3.05, 3.63) is 29.3 Å². The van der Waals surface area contributed by atoms with Crippen LogP contribution in [0.4, 0.5) is 5.69 Å². The molecule has 0 spiro atoms. The summed E-state index contributed by atoms with van der Waals surface area (Å²) in [6.45, 7) is 5.08. The zero-order chi connectivity index (χ0) is 10.1. The predicted octanol–water partition coefficient (Wildman–Crippen LogP) is 2.34. The number of para-hydroxylation sites is 1. The fourth-order valence-corrected chi connectivity index (χ4v) is 2.06. The van der Waals surface area contributed by atoms with Crippen LogP contribution in [0, 0.1) is 5.92 Å². The van der Waals surface area contributed by atoms with Gasteiger partial charge in [-0.05, 0) is 12.0 Å². The molecule has 2 nitrogen and oxygen atoms in total. The molecule has 0 bridgehead atoms. The van der Waals surface area contributed by atoms with Gasteiger partial charge in [-0.3, -0.25) is 0 Å². The molecule has 1 aliphatic heterocycles. The molecule has 1 aromatic rings. The molecule has 2 N–H and O–H groups in total. The van der Waals surface area contributed by atoms with Crippen LogP contribution in [0.2, 0.25) is 0 Å². The van der Waals surface area contributed by atoms with E-state index in [9.17, 15) is 5.11 Å². The van der Waals surface area contributed by atoms with Crippen molar-refractivity contribution in [3.8, 4) is 0 Å². The van der Waals surface area contributed by atoms with Gasteiger partial charge in [0.15, 0.2) is 0 Å². The first-order valence-corrected chi connectivity index (χ1v) is 5.27. The molecule has 0 aliphatic carbocycles. The van der Waals surface area contributed by atoms with Crippen LogP contribution in [0.5, 0.6) is 0 Å². The van der Waals surface area contributed by atoms with Gasteiger partial charge in [0.2, 0.25) is 0 Å². The third-order valence-corrected chi connectivity index (χ3v) is 3.02. The zero-order valence-electron chi connectivity index (χ0n) is 8.75. The Morgan fingerprint density at radius 2 is 2.29 bits per heavy atom. The number of nitrogens with one attached hydrogen (secondary N) is 1. The number of rotatable bonds is 1. The summed E-state index contributed by atoms with van der Waals surface area (Å²) in [5.74, 6) is 0.301. The Balaban J connectivity index is 2.47. The van der Waals surface area contributed by atoms with Crippen LogP contribution >= 0.6 is 0 Å². The maximum Gasteiger partial charge on any atom is 0.0852 e. The van der Waals surface area contributed by atoms with Crippen molar-refractivity contribution in [2.75, 3.05) is 11.9 Å². The molecule has 0 saturated heterocycles. The summed E-state index contributed by atoms with van der Waals surface area (Å²) in [6.07, 6.45) is 0.704. The molecule has 76 valence electrons. The lowest BCUT2D eigenvalue weighted by Crippen LogP contribution is -2.26. The number of benzene rings is 1. The van der Waals surface area contributed by atoms with Gasteiger partial charge in [-0.15, -0.1) is 0 Å². The molecule has 14 heavy (non-hydrogen) atoms. The average molecular weight is 191 g/mol. The summed E-state index contributed by atoms with van der Waals surface area (Å²) < 4.78 is 0. The monoisotopic (exact) mass is 191 g/mol. The van der Waals surface area contributed by atoms with E-state index in [1.165, 1.54) is 5.56 Å². The highest BCUT2D eigenvalue weighted by Crippen LogP contribution is 2.35. The van der Waals surface area contributed by atoms with Gasteiger partial charge in [0.1, 0.15) is 0 Å². The van der Waals surface area contributed by atoms with Crippen LogP contribution in [0.3, 0.4) is 0 Å². The maximum absolute atomic E-state index is 10.0. The highest BCUT2D eigenvalue weighted by Gasteiger charge is 2.25. The van der Waals surface area contributed by atoms with Crippen molar-refractivity contribution < 1.29 is 5.11 Å². The summed E-state index contributed by atoms with van der Waals surface area (Å²) in [4.78, 5) is 0. The zero-order valence-corrected chi connectivity index (χ0v) is 8.75. The van der Waals surface area contributed by atoms with E-state index in [1.807, 2.05) is 12.1 Å². The quantitative estimate of drug-likeness (QED) is 0.714. The molecule has 1 aliphatic rings. The summed E-state index contributed by atoms with van der Waals surface area (Å²) in [5, 5.41) is 13.4. The van der Waals surface area contributed by atoms with E-state index in [4.69, 9.17) is 0 Å². The highest BCUT2D eigenvalue weighted by atomic mass is 16.3. The van der Waals surface area contributed by atoms with Gasteiger partial charge in [-0.1, -0.05) is 32.0 Å². The second-order valence-electron chi connectivity index (χ2n) is 4.04. The molecule has 2 rings (SSSR count). The minimum atomic E-state index is -0.308. The normalized spacial score (nSPS) is 25.4. The van der Waals surface area contributed by atoms with Crippen LogP contribution < -0.4 is 5.32 Å². The first-order chi connectivity index (χ1) is 6.74. The van der Waals surface area contributed by atoms with E-state index in [0.29, 0.717) is 5.92 Å². The average Bonchev–Trinajstić information content (AvgIpc) is 2.23. The second-order valence-corrected chi connectivity index (χ2v) is 4.04. The molecular weight excluding hydrogens is 174 g/mol. The van der Waals surface area contributed by atoms with Gasteiger partial charge in [0, 0.05) is 23.7 Å². The van der Waals surface area contributed by atoms with Gasteiger partial charge in [0.25, 0.3) is 0 Å². The third-order valence-electron chi connectivity index (χ3n) is 3.02. The summed E-state index contributed by atoms with van der Waals surface area (Å²) in [5.41, 5.74) is 3.51. The maximum atomic E-state index is 10.0. The molecule has 1 heterocycles. The first kappa shape index (κ1) is 9.53. The van der Waals surface area contributed by atoms with Crippen molar-refractivity contribution in [2.24, 2.45) is 5.92 Å². The lowest BCUT2D eigenvalue weighted by atomic mass is 9.90. The number of aliphatic hydroxyl groups is 1. The number of fused-ring (bicyclic) bond motifs is 1. The van der Waals surface area contributed by atoms with Crippen molar-refractivity contribution >= 4 is 5.69 Å². The highest BCUT2D eigenvalue weighted by molar-refractivity contribution is 5.60. The van der Waals surface area contributed by atoms with Crippen LogP contribution in [-0.2, 0) is 6.42 Å². The van der Waals surface area contributed by atoms with Gasteiger partial charge in [-0.2, -0.15) is 0 Å². The Labute approximate surface area is 85.0 Å². The molecule has 0 saturated carbocycles. The second kappa shape index (κ2) is 3.62. The minimum Gasteiger partial charge on any atom is -0.388 e. The Hall–Kier alpha value is -1.02. The molecule has 0 amide bonds. The van der Waals surface area contributed by atoms with E-state index < -0.39 is 0 Å². The van der Waals surface area contributed by atoms with Crippen molar-refractivity contribution in [3.63, 3.8) is 0 Å². The largest absolute Gasteiger partial charge is 0.388 e. The Morgan fingerprint density at radius 1 is 1.50 bits per heavy atom. The fraction of sp³-hybridized carbons (Fsp3) is 0.500.